The summed E-state index contributed by atoms with van der Waals surface area (Å²) in [6.07, 6.45) is 3.40. The van der Waals surface area contributed by atoms with Crippen molar-refractivity contribution in [3.63, 3.8) is 0 Å². The first-order chi connectivity index (χ1) is 15.7. The van der Waals surface area contributed by atoms with Crippen molar-refractivity contribution < 1.29 is 9.53 Å². The highest BCUT2D eigenvalue weighted by atomic mass is 127. The first-order valence-electron chi connectivity index (χ1n) is 12.3. The number of benzene rings is 1. The first-order valence-corrected chi connectivity index (χ1v) is 12.3. The minimum Gasteiger partial charge on any atom is -0.376 e. The molecule has 1 unspecified atom stereocenters. The molecule has 1 amide bonds. The van der Waals surface area contributed by atoms with Crippen LogP contribution in [0.3, 0.4) is 0 Å². The van der Waals surface area contributed by atoms with Gasteiger partial charge in [-0.3, -0.25) is 14.7 Å². The van der Waals surface area contributed by atoms with E-state index in [1.165, 1.54) is 12.0 Å². The average molecular weight is 572 g/mol. The first kappa shape index (κ1) is 27.9. The molecule has 2 fully saturated rings. The highest BCUT2D eigenvalue weighted by Gasteiger charge is 2.30. The largest absolute Gasteiger partial charge is 0.376 e. The number of aliphatic imine (C=N–C) groups is 1. The van der Waals surface area contributed by atoms with Gasteiger partial charge in [0.05, 0.1) is 13.2 Å². The quantitative estimate of drug-likeness (QED) is 0.243. The molecule has 1 aromatic rings. The minimum atomic E-state index is 0. The molecule has 1 atom stereocenters. The number of nitrogens with one attached hydrogen (secondary N) is 2. The number of carbonyl (C=O) groups is 1. The molecular formula is C25H42IN5O2. The molecule has 0 spiro atoms. The number of carbonyl (C=O) groups excluding carboxylic acids is 1. The van der Waals surface area contributed by atoms with Crippen LogP contribution < -0.4 is 10.6 Å². The number of guanidine groups is 1. The number of halogens is 1. The zero-order valence-electron chi connectivity index (χ0n) is 20.3. The summed E-state index contributed by atoms with van der Waals surface area (Å²) < 4.78 is 5.84. The fourth-order valence-electron chi connectivity index (χ4n) is 4.03. The number of piperazine rings is 1. The van der Waals surface area contributed by atoms with Crippen molar-refractivity contribution in [2.75, 3.05) is 59.0 Å². The Balaban J connectivity index is 0.00000385. The van der Waals surface area contributed by atoms with E-state index in [0.29, 0.717) is 31.0 Å². The molecule has 1 saturated heterocycles. The Morgan fingerprint density at radius 3 is 2.52 bits per heavy atom. The lowest BCUT2D eigenvalue weighted by molar-refractivity contribution is -0.139. The number of hydrogen-bond donors (Lipinski definition) is 2. The molecule has 0 bridgehead atoms. The van der Waals surface area contributed by atoms with E-state index in [4.69, 9.17) is 9.73 Å². The van der Waals surface area contributed by atoms with Gasteiger partial charge in [-0.05, 0) is 31.2 Å². The predicted octanol–water partition coefficient (Wildman–Crippen LogP) is 2.96. The number of rotatable bonds is 11. The summed E-state index contributed by atoms with van der Waals surface area (Å²) in [5.74, 6) is 1.92. The van der Waals surface area contributed by atoms with Crippen LogP contribution in [-0.2, 0) is 16.1 Å². The Hall–Kier alpha value is -1.39. The van der Waals surface area contributed by atoms with Crippen LogP contribution in [0.15, 0.2) is 35.3 Å². The minimum absolute atomic E-state index is 0. The topological polar surface area (TPSA) is 69.2 Å². The highest BCUT2D eigenvalue weighted by molar-refractivity contribution is 14.0. The molecule has 2 N–H and O–H groups in total. The molecule has 0 radical (unpaired) electrons. The third-order valence-corrected chi connectivity index (χ3v) is 6.28. The lowest BCUT2D eigenvalue weighted by Gasteiger charge is -2.38. The third-order valence-electron chi connectivity index (χ3n) is 6.28. The van der Waals surface area contributed by atoms with Crippen molar-refractivity contribution in [1.29, 1.82) is 0 Å². The summed E-state index contributed by atoms with van der Waals surface area (Å²) in [4.78, 5) is 21.6. The summed E-state index contributed by atoms with van der Waals surface area (Å²) in [6, 6.07) is 10.3. The summed E-state index contributed by atoms with van der Waals surface area (Å²) in [7, 11) is 0. The van der Waals surface area contributed by atoms with E-state index >= 15 is 0 Å². The van der Waals surface area contributed by atoms with Gasteiger partial charge in [0.2, 0.25) is 5.91 Å². The van der Waals surface area contributed by atoms with E-state index < -0.39 is 0 Å². The van der Waals surface area contributed by atoms with Crippen molar-refractivity contribution in [2.24, 2.45) is 16.8 Å². The second-order valence-electron chi connectivity index (χ2n) is 9.05. The smallest absolute Gasteiger partial charge is 0.225 e. The Bertz CT molecular complexity index is 706. The third kappa shape index (κ3) is 9.78. The van der Waals surface area contributed by atoms with E-state index in [9.17, 15) is 4.79 Å². The van der Waals surface area contributed by atoms with Gasteiger partial charge in [-0.25, -0.2) is 0 Å². The molecule has 1 aromatic carbocycles. The standard InChI is InChI=1S/C25H41N5O2.HI/c1-3-26-25(28-18-21(2)19-32-20-22-8-5-4-6-9-22)27-12-13-29-14-16-30(17-15-29)24(31)23-10-7-11-23;/h4-6,8-9,21,23H,3,7,10-20H2,1-2H3,(H2,26,27,28);1H. The van der Waals surface area contributed by atoms with Crippen LogP contribution >= 0.6 is 24.0 Å². The second-order valence-corrected chi connectivity index (χ2v) is 9.05. The van der Waals surface area contributed by atoms with Gasteiger partial charge in [0.1, 0.15) is 0 Å². The van der Waals surface area contributed by atoms with Gasteiger partial charge in [-0.2, -0.15) is 0 Å². The number of ether oxygens (including phenoxy) is 1. The van der Waals surface area contributed by atoms with Gasteiger partial charge in [0, 0.05) is 58.3 Å². The van der Waals surface area contributed by atoms with Crippen LogP contribution in [0.25, 0.3) is 0 Å². The summed E-state index contributed by atoms with van der Waals surface area (Å²) in [6.45, 7) is 12.6. The van der Waals surface area contributed by atoms with Crippen molar-refractivity contribution in [3.05, 3.63) is 35.9 Å². The number of amides is 1. The molecule has 7 nitrogen and oxygen atoms in total. The van der Waals surface area contributed by atoms with E-state index in [-0.39, 0.29) is 24.0 Å². The van der Waals surface area contributed by atoms with Gasteiger partial charge >= 0.3 is 0 Å². The van der Waals surface area contributed by atoms with Gasteiger partial charge in [0.15, 0.2) is 5.96 Å². The van der Waals surface area contributed by atoms with Gasteiger partial charge in [-0.15, -0.1) is 24.0 Å². The lowest BCUT2D eigenvalue weighted by Crippen LogP contribution is -2.52. The van der Waals surface area contributed by atoms with Crippen molar-refractivity contribution in [3.8, 4) is 0 Å². The molecule has 1 heterocycles. The fraction of sp³-hybridized carbons (Fsp3) is 0.680. The number of nitrogens with zero attached hydrogens (tertiary/aromatic N) is 3. The summed E-state index contributed by atoms with van der Waals surface area (Å²) >= 11 is 0. The Morgan fingerprint density at radius 1 is 1.15 bits per heavy atom. The van der Waals surface area contributed by atoms with Crippen molar-refractivity contribution in [1.82, 2.24) is 20.4 Å². The molecular weight excluding hydrogens is 529 g/mol. The molecule has 33 heavy (non-hydrogen) atoms. The normalized spacial score (nSPS) is 18.2. The Kier molecular flexibility index (Phi) is 13.1. The maximum absolute atomic E-state index is 12.4. The SMILES string of the molecule is CCNC(=NCC(C)COCc1ccccc1)NCCN1CCN(C(=O)C2CCC2)CC1.I. The Morgan fingerprint density at radius 2 is 1.88 bits per heavy atom. The molecule has 3 rings (SSSR count). The van der Waals surface area contributed by atoms with E-state index in [2.05, 4.69) is 46.4 Å². The van der Waals surface area contributed by atoms with Gasteiger partial charge in [-0.1, -0.05) is 43.7 Å². The van der Waals surface area contributed by atoms with Crippen LogP contribution in [0.5, 0.6) is 0 Å². The van der Waals surface area contributed by atoms with Crippen molar-refractivity contribution >= 4 is 35.8 Å². The number of hydrogen-bond acceptors (Lipinski definition) is 4. The van der Waals surface area contributed by atoms with E-state index in [1.54, 1.807) is 0 Å². The van der Waals surface area contributed by atoms with Gasteiger partial charge < -0.3 is 20.3 Å². The molecule has 1 aliphatic carbocycles. The Labute approximate surface area is 216 Å². The average Bonchev–Trinajstić information content (AvgIpc) is 2.77. The molecule has 186 valence electrons. The van der Waals surface area contributed by atoms with Gasteiger partial charge in [0.25, 0.3) is 0 Å². The second kappa shape index (κ2) is 15.5. The fourth-order valence-corrected chi connectivity index (χ4v) is 4.03. The maximum atomic E-state index is 12.4. The monoisotopic (exact) mass is 571 g/mol. The zero-order chi connectivity index (χ0) is 22.6. The van der Waals surface area contributed by atoms with E-state index in [0.717, 1.165) is 71.2 Å². The molecule has 2 aliphatic rings. The van der Waals surface area contributed by atoms with Crippen molar-refractivity contribution in [2.45, 2.75) is 39.7 Å². The van der Waals surface area contributed by atoms with Crippen LogP contribution in [-0.4, -0.2) is 80.6 Å². The maximum Gasteiger partial charge on any atom is 0.225 e. The van der Waals surface area contributed by atoms with Crippen LogP contribution in [0.1, 0.15) is 38.7 Å². The van der Waals surface area contributed by atoms with Crippen LogP contribution in [0.2, 0.25) is 0 Å². The highest BCUT2D eigenvalue weighted by Crippen LogP contribution is 2.28. The molecule has 0 aromatic heterocycles. The zero-order valence-corrected chi connectivity index (χ0v) is 22.6. The molecule has 1 saturated carbocycles. The predicted molar refractivity (Wildman–Crippen MR) is 145 cm³/mol. The van der Waals surface area contributed by atoms with Crippen LogP contribution in [0, 0.1) is 11.8 Å². The summed E-state index contributed by atoms with van der Waals surface area (Å²) in [5, 5.41) is 6.78. The van der Waals surface area contributed by atoms with E-state index in [1.807, 2.05) is 18.2 Å². The molecule has 1 aliphatic heterocycles. The van der Waals surface area contributed by atoms with Crippen LogP contribution in [0.4, 0.5) is 0 Å². The summed E-state index contributed by atoms with van der Waals surface area (Å²) in [5.41, 5.74) is 1.20. The molecule has 8 heteroatoms. The lowest BCUT2D eigenvalue weighted by atomic mass is 9.84.